The van der Waals surface area contributed by atoms with Gasteiger partial charge in [0.1, 0.15) is 5.75 Å². The van der Waals surface area contributed by atoms with Crippen LogP contribution in [0.4, 0.5) is 0 Å². The van der Waals surface area contributed by atoms with Gasteiger partial charge in [0.15, 0.2) is 5.60 Å². The molecule has 3 aliphatic rings. The molecule has 3 atom stereocenters. The fourth-order valence-corrected chi connectivity index (χ4v) is 4.73. The molecular weight excluding hydrogens is 376 g/mol. The fraction of sp³-hybridized carbons (Fsp3) is 0.545. The lowest BCUT2D eigenvalue weighted by atomic mass is 9.64. The van der Waals surface area contributed by atoms with E-state index in [-0.39, 0.29) is 23.4 Å². The number of halogens is 1. The Morgan fingerprint density at radius 1 is 1.29 bits per heavy atom. The van der Waals surface area contributed by atoms with Crippen molar-refractivity contribution in [2.45, 2.75) is 71.1 Å². The summed E-state index contributed by atoms with van der Waals surface area (Å²) in [5.41, 5.74) is 0.813. The van der Waals surface area contributed by atoms with E-state index in [0.29, 0.717) is 23.1 Å². The number of aryl methyl sites for hydroxylation is 1. The van der Waals surface area contributed by atoms with Gasteiger partial charge in [0.05, 0.1) is 6.04 Å². The monoisotopic (exact) mass is 404 g/mol. The topological polar surface area (TPSA) is 67.4 Å². The van der Waals surface area contributed by atoms with Crippen LogP contribution < -0.4 is 15.4 Å². The Hall–Kier alpha value is -2.01. The van der Waals surface area contributed by atoms with Crippen LogP contribution in [0.2, 0.25) is 5.02 Å². The maximum absolute atomic E-state index is 13.0. The molecule has 0 saturated heterocycles. The van der Waals surface area contributed by atoms with Gasteiger partial charge in [0.2, 0.25) is 5.91 Å². The first-order chi connectivity index (χ1) is 13.0. The van der Waals surface area contributed by atoms with Crippen molar-refractivity contribution in [3.8, 4) is 5.75 Å². The summed E-state index contributed by atoms with van der Waals surface area (Å²) in [5.74, 6) is 0.752. The summed E-state index contributed by atoms with van der Waals surface area (Å²) in [7, 11) is 0. The molecule has 2 amide bonds. The standard InChI is InChI=1S/C22H29ClN2O3/c1-13-10-16(23)6-7-19(13)28-21(4,5)20(27)24-18-12-22(25-15(3)26)9-8-17(18)14(2)11-22/h6-8,10,14,18H,9,11-12H2,1-5H3,(H,24,27)(H,25,26)/t14-,18?,22-/m1/s1. The van der Waals surface area contributed by atoms with Crippen molar-refractivity contribution in [2.75, 3.05) is 0 Å². The number of carbonyl (C=O) groups excluding carboxylic acids is 2. The van der Waals surface area contributed by atoms with Gasteiger partial charge in [-0.25, -0.2) is 0 Å². The van der Waals surface area contributed by atoms with Gasteiger partial charge >= 0.3 is 0 Å². The minimum Gasteiger partial charge on any atom is -0.478 e. The van der Waals surface area contributed by atoms with Crippen LogP contribution in [-0.2, 0) is 9.59 Å². The van der Waals surface area contributed by atoms with Crippen molar-refractivity contribution in [1.29, 1.82) is 0 Å². The number of benzene rings is 1. The van der Waals surface area contributed by atoms with Crippen LogP contribution >= 0.6 is 11.6 Å². The molecule has 1 unspecified atom stereocenters. The Bertz CT molecular complexity index is 833. The first-order valence-electron chi connectivity index (χ1n) is 9.76. The second-order valence-electron chi connectivity index (χ2n) is 8.73. The van der Waals surface area contributed by atoms with Crippen molar-refractivity contribution >= 4 is 23.4 Å². The molecule has 0 heterocycles. The molecule has 0 spiro atoms. The number of fused-ring (bicyclic) bond motifs is 3. The molecule has 1 saturated carbocycles. The third kappa shape index (κ3) is 4.19. The molecule has 6 heteroatoms. The normalized spacial score (nSPS) is 26.4. The second kappa shape index (κ2) is 7.43. The summed E-state index contributed by atoms with van der Waals surface area (Å²) in [6.45, 7) is 9.13. The van der Waals surface area contributed by atoms with E-state index in [1.54, 1.807) is 32.9 Å². The van der Waals surface area contributed by atoms with E-state index in [9.17, 15) is 9.59 Å². The van der Waals surface area contributed by atoms with E-state index in [0.717, 1.165) is 18.4 Å². The quantitative estimate of drug-likeness (QED) is 0.731. The molecule has 5 nitrogen and oxygen atoms in total. The van der Waals surface area contributed by atoms with Crippen molar-refractivity contribution in [3.05, 3.63) is 40.4 Å². The first-order valence-corrected chi connectivity index (χ1v) is 10.1. The molecule has 28 heavy (non-hydrogen) atoms. The van der Waals surface area contributed by atoms with Gasteiger partial charge in [-0.3, -0.25) is 9.59 Å². The zero-order valence-electron chi connectivity index (χ0n) is 17.2. The first kappa shape index (κ1) is 20.7. The summed E-state index contributed by atoms with van der Waals surface area (Å²) in [6, 6.07) is 5.26. The van der Waals surface area contributed by atoms with E-state index >= 15 is 0 Å². The number of ether oxygens (including phenoxy) is 1. The highest BCUT2D eigenvalue weighted by Crippen LogP contribution is 2.44. The molecule has 1 fully saturated rings. The smallest absolute Gasteiger partial charge is 0.264 e. The Balaban J connectivity index is 1.73. The van der Waals surface area contributed by atoms with Crippen LogP contribution in [0.5, 0.6) is 5.75 Å². The van der Waals surface area contributed by atoms with E-state index < -0.39 is 5.60 Å². The number of hydrogen-bond donors (Lipinski definition) is 2. The molecule has 4 rings (SSSR count). The molecule has 0 aliphatic heterocycles. The average Bonchev–Trinajstić information content (AvgIpc) is 2.56. The van der Waals surface area contributed by atoms with Crippen LogP contribution in [0.25, 0.3) is 0 Å². The Kier molecular flexibility index (Phi) is 5.50. The molecule has 3 aliphatic carbocycles. The molecule has 1 aromatic rings. The fourth-order valence-electron chi connectivity index (χ4n) is 4.50. The molecule has 152 valence electrons. The third-order valence-electron chi connectivity index (χ3n) is 5.79. The van der Waals surface area contributed by atoms with E-state index in [1.165, 1.54) is 5.57 Å². The summed E-state index contributed by atoms with van der Waals surface area (Å²) in [4.78, 5) is 24.7. The van der Waals surface area contributed by atoms with E-state index in [1.807, 2.05) is 13.0 Å². The molecule has 0 radical (unpaired) electrons. The minimum absolute atomic E-state index is 0.0297. The van der Waals surface area contributed by atoms with Gasteiger partial charge < -0.3 is 15.4 Å². The van der Waals surface area contributed by atoms with E-state index in [4.69, 9.17) is 16.3 Å². The lowest BCUT2D eigenvalue weighted by molar-refractivity contribution is -0.135. The third-order valence-corrected chi connectivity index (χ3v) is 6.02. The van der Waals surface area contributed by atoms with Crippen LogP contribution in [0.15, 0.2) is 29.8 Å². The zero-order valence-corrected chi connectivity index (χ0v) is 17.9. The highest BCUT2D eigenvalue weighted by atomic mass is 35.5. The van der Waals surface area contributed by atoms with Crippen LogP contribution in [0.1, 0.15) is 52.5 Å². The molecular formula is C22H29ClN2O3. The van der Waals surface area contributed by atoms with Crippen LogP contribution in [-0.4, -0.2) is 29.0 Å². The average molecular weight is 405 g/mol. The largest absolute Gasteiger partial charge is 0.478 e. The SMILES string of the molecule is CC(=O)N[C@@]12CC=C(C(NC(=O)C(C)(C)Oc3ccc(Cl)cc3C)C1)[C@H](C)C2. The molecule has 2 bridgehead atoms. The maximum atomic E-state index is 13.0. The second-order valence-corrected chi connectivity index (χ2v) is 9.16. The van der Waals surface area contributed by atoms with E-state index in [2.05, 4.69) is 23.6 Å². The Morgan fingerprint density at radius 2 is 2.00 bits per heavy atom. The number of carbonyl (C=O) groups is 2. The zero-order chi connectivity index (χ0) is 20.7. The lowest BCUT2D eigenvalue weighted by Crippen LogP contribution is -2.61. The highest BCUT2D eigenvalue weighted by molar-refractivity contribution is 6.30. The van der Waals surface area contributed by atoms with Gasteiger partial charge in [-0.15, -0.1) is 0 Å². The van der Waals surface area contributed by atoms with Gasteiger partial charge in [-0.05, 0) is 75.3 Å². The summed E-state index contributed by atoms with van der Waals surface area (Å²) < 4.78 is 6.03. The predicted molar refractivity (Wildman–Crippen MR) is 110 cm³/mol. The van der Waals surface area contributed by atoms with Gasteiger partial charge in [-0.1, -0.05) is 24.6 Å². The van der Waals surface area contributed by atoms with Crippen LogP contribution in [0.3, 0.4) is 0 Å². The lowest BCUT2D eigenvalue weighted by Gasteiger charge is -2.50. The van der Waals surface area contributed by atoms with Crippen molar-refractivity contribution in [1.82, 2.24) is 10.6 Å². The van der Waals surface area contributed by atoms with Crippen LogP contribution in [0, 0.1) is 12.8 Å². The summed E-state index contributed by atoms with van der Waals surface area (Å²) in [6.07, 6.45) is 4.62. The van der Waals surface area contributed by atoms with Gasteiger partial charge in [0.25, 0.3) is 5.91 Å². The number of amides is 2. The van der Waals surface area contributed by atoms with Gasteiger partial charge in [-0.2, -0.15) is 0 Å². The predicted octanol–water partition coefficient (Wildman–Crippen LogP) is 3.93. The number of rotatable bonds is 5. The van der Waals surface area contributed by atoms with Gasteiger partial charge in [0, 0.05) is 17.5 Å². The summed E-state index contributed by atoms with van der Waals surface area (Å²) >= 11 is 6.01. The van der Waals surface area contributed by atoms with Crippen molar-refractivity contribution < 1.29 is 14.3 Å². The number of hydrogen-bond acceptors (Lipinski definition) is 3. The molecule has 2 N–H and O–H groups in total. The molecule has 0 aromatic heterocycles. The molecule has 1 aromatic carbocycles. The Labute approximate surface area is 171 Å². The Morgan fingerprint density at radius 3 is 2.61 bits per heavy atom. The van der Waals surface area contributed by atoms with Crippen molar-refractivity contribution in [3.63, 3.8) is 0 Å². The van der Waals surface area contributed by atoms with Crippen molar-refractivity contribution in [2.24, 2.45) is 5.92 Å². The summed E-state index contributed by atoms with van der Waals surface area (Å²) in [5, 5.41) is 6.92. The number of nitrogens with one attached hydrogen (secondary N) is 2. The highest BCUT2D eigenvalue weighted by Gasteiger charge is 2.46. The maximum Gasteiger partial charge on any atom is 0.264 e. The minimum atomic E-state index is -1.04.